The molecular formula is C15H20N4O. The number of amides is 2. The van der Waals surface area contributed by atoms with Crippen molar-refractivity contribution in [1.82, 2.24) is 15.3 Å². The number of urea groups is 1. The zero-order valence-electron chi connectivity index (χ0n) is 11.5. The number of aromatic nitrogens is 2. The molecule has 0 radical (unpaired) electrons. The summed E-state index contributed by atoms with van der Waals surface area (Å²) in [5, 5.41) is 5.97. The van der Waals surface area contributed by atoms with Crippen LogP contribution in [0.1, 0.15) is 38.5 Å². The Morgan fingerprint density at radius 3 is 2.80 bits per heavy atom. The summed E-state index contributed by atoms with van der Waals surface area (Å²) in [6.45, 7) is 0. The summed E-state index contributed by atoms with van der Waals surface area (Å²) < 4.78 is 0. The van der Waals surface area contributed by atoms with Crippen LogP contribution in [0.15, 0.2) is 24.5 Å². The van der Waals surface area contributed by atoms with E-state index < -0.39 is 0 Å². The van der Waals surface area contributed by atoms with Gasteiger partial charge in [-0.3, -0.25) is 0 Å². The minimum absolute atomic E-state index is 0.115. The summed E-state index contributed by atoms with van der Waals surface area (Å²) in [6.07, 6.45) is 8.84. The fourth-order valence-electron chi connectivity index (χ4n) is 2.79. The van der Waals surface area contributed by atoms with Crippen LogP contribution < -0.4 is 10.6 Å². The fourth-order valence-corrected chi connectivity index (χ4v) is 2.79. The number of carbonyl (C=O) groups is 1. The van der Waals surface area contributed by atoms with Gasteiger partial charge in [0.2, 0.25) is 0 Å². The fraction of sp³-hybridized carbons (Fsp3) is 0.467. The zero-order valence-corrected chi connectivity index (χ0v) is 11.5. The summed E-state index contributed by atoms with van der Waals surface area (Å²) >= 11 is 0. The molecule has 0 saturated heterocycles. The highest BCUT2D eigenvalue weighted by Gasteiger charge is 2.14. The first-order valence-corrected chi connectivity index (χ1v) is 7.32. The molecule has 0 atom stereocenters. The average molecular weight is 272 g/mol. The Morgan fingerprint density at radius 1 is 1.20 bits per heavy atom. The van der Waals surface area contributed by atoms with Crippen molar-refractivity contribution in [3.8, 4) is 0 Å². The van der Waals surface area contributed by atoms with Crippen LogP contribution in [0.5, 0.6) is 0 Å². The third-order valence-corrected chi connectivity index (χ3v) is 3.87. The van der Waals surface area contributed by atoms with E-state index >= 15 is 0 Å². The maximum Gasteiger partial charge on any atom is 0.319 e. The van der Waals surface area contributed by atoms with Gasteiger partial charge in [-0.1, -0.05) is 25.7 Å². The average Bonchev–Trinajstić information content (AvgIpc) is 2.75. The number of benzene rings is 1. The second-order valence-electron chi connectivity index (χ2n) is 5.42. The SMILES string of the molecule is O=C(Nc1ccc2nc[nH]c2c1)NC1CCCCCC1. The Hall–Kier alpha value is -2.04. The topological polar surface area (TPSA) is 69.8 Å². The Labute approximate surface area is 118 Å². The van der Waals surface area contributed by atoms with Gasteiger partial charge in [0.25, 0.3) is 0 Å². The number of fused-ring (bicyclic) bond motifs is 1. The number of H-pyrrole nitrogens is 1. The van der Waals surface area contributed by atoms with Crippen molar-refractivity contribution in [2.24, 2.45) is 0 Å². The van der Waals surface area contributed by atoms with E-state index in [0.717, 1.165) is 29.6 Å². The number of nitrogens with zero attached hydrogens (tertiary/aromatic N) is 1. The number of hydrogen-bond acceptors (Lipinski definition) is 2. The van der Waals surface area contributed by atoms with Crippen LogP contribution in [0, 0.1) is 0 Å². The molecule has 0 aliphatic heterocycles. The highest BCUT2D eigenvalue weighted by Crippen LogP contribution is 2.18. The second-order valence-corrected chi connectivity index (χ2v) is 5.42. The van der Waals surface area contributed by atoms with Gasteiger partial charge in [-0.15, -0.1) is 0 Å². The van der Waals surface area contributed by atoms with Gasteiger partial charge in [0.1, 0.15) is 0 Å². The van der Waals surface area contributed by atoms with Crippen molar-refractivity contribution in [3.63, 3.8) is 0 Å². The first kappa shape index (κ1) is 13.0. The van der Waals surface area contributed by atoms with Gasteiger partial charge in [0.15, 0.2) is 0 Å². The number of aromatic amines is 1. The molecule has 0 unspecified atom stereocenters. The van der Waals surface area contributed by atoms with E-state index in [1.54, 1.807) is 6.33 Å². The lowest BCUT2D eigenvalue weighted by molar-refractivity contribution is 0.247. The molecule has 1 fully saturated rings. The Morgan fingerprint density at radius 2 is 2.00 bits per heavy atom. The largest absolute Gasteiger partial charge is 0.345 e. The van der Waals surface area contributed by atoms with Crippen LogP contribution in [-0.4, -0.2) is 22.0 Å². The standard InChI is InChI=1S/C15H20N4O/c20-15(18-11-5-3-1-2-4-6-11)19-12-7-8-13-14(9-12)17-10-16-13/h7-11H,1-6H2,(H,16,17)(H2,18,19,20). The van der Waals surface area contributed by atoms with Gasteiger partial charge in [0, 0.05) is 11.7 Å². The number of nitrogens with one attached hydrogen (secondary N) is 3. The summed E-state index contributed by atoms with van der Waals surface area (Å²) in [7, 11) is 0. The van der Waals surface area contributed by atoms with Gasteiger partial charge in [-0.25, -0.2) is 9.78 Å². The third-order valence-electron chi connectivity index (χ3n) is 3.87. The highest BCUT2D eigenvalue weighted by molar-refractivity contribution is 5.91. The van der Waals surface area contributed by atoms with Crippen molar-refractivity contribution in [2.75, 3.05) is 5.32 Å². The molecule has 2 aromatic rings. The smallest absolute Gasteiger partial charge is 0.319 e. The molecule has 1 saturated carbocycles. The quantitative estimate of drug-likeness (QED) is 0.733. The molecule has 20 heavy (non-hydrogen) atoms. The lowest BCUT2D eigenvalue weighted by atomic mass is 10.1. The van der Waals surface area contributed by atoms with Crippen LogP contribution in [-0.2, 0) is 0 Å². The van der Waals surface area contributed by atoms with Crippen LogP contribution >= 0.6 is 0 Å². The molecule has 1 aromatic heterocycles. The molecule has 0 spiro atoms. The van der Waals surface area contributed by atoms with Crippen LogP contribution in [0.2, 0.25) is 0 Å². The summed E-state index contributed by atoms with van der Waals surface area (Å²) in [5.74, 6) is 0. The van der Waals surface area contributed by atoms with E-state index in [9.17, 15) is 4.79 Å². The molecule has 3 N–H and O–H groups in total. The minimum Gasteiger partial charge on any atom is -0.345 e. The molecule has 5 nitrogen and oxygen atoms in total. The van der Waals surface area contributed by atoms with Crippen molar-refractivity contribution >= 4 is 22.8 Å². The van der Waals surface area contributed by atoms with E-state index in [2.05, 4.69) is 20.6 Å². The summed E-state index contributed by atoms with van der Waals surface area (Å²) in [6, 6.07) is 5.86. The molecule has 5 heteroatoms. The minimum atomic E-state index is -0.115. The Kier molecular flexibility index (Phi) is 3.85. The highest BCUT2D eigenvalue weighted by atomic mass is 16.2. The number of hydrogen-bond donors (Lipinski definition) is 3. The van der Waals surface area contributed by atoms with Crippen molar-refractivity contribution in [2.45, 2.75) is 44.6 Å². The molecule has 1 aliphatic carbocycles. The van der Waals surface area contributed by atoms with Crippen molar-refractivity contribution in [1.29, 1.82) is 0 Å². The number of imidazole rings is 1. The molecule has 1 aromatic carbocycles. The molecule has 2 amide bonds. The van der Waals surface area contributed by atoms with Crippen LogP contribution in [0.25, 0.3) is 11.0 Å². The summed E-state index contributed by atoms with van der Waals surface area (Å²) in [5.41, 5.74) is 2.62. The van der Waals surface area contributed by atoms with Crippen LogP contribution in [0.4, 0.5) is 10.5 Å². The number of anilines is 1. The summed E-state index contributed by atoms with van der Waals surface area (Å²) in [4.78, 5) is 19.2. The number of rotatable bonds is 2. The van der Waals surface area contributed by atoms with Crippen LogP contribution in [0.3, 0.4) is 0 Å². The lowest BCUT2D eigenvalue weighted by Gasteiger charge is -2.16. The van der Waals surface area contributed by atoms with Crippen molar-refractivity contribution in [3.05, 3.63) is 24.5 Å². The Bertz CT molecular complexity index is 584. The van der Waals surface area contributed by atoms with E-state index in [4.69, 9.17) is 0 Å². The molecule has 106 valence electrons. The molecule has 1 aliphatic rings. The molecular weight excluding hydrogens is 252 g/mol. The lowest BCUT2D eigenvalue weighted by Crippen LogP contribution is -2.37. The number of carbonyl (C=O) groups excluding carboxylic acids is 1. The van der Waals surface area contributed by atoms with E-state index in [1.165, 1.54) is 25.7 Å². The first-order chi connectivity index (χ1) is 9.81. The van der Waals surface area contributed by atoms with Crippen molar-refractivity contribution < 1.29 is 4.79 Å². The third kappa shape index (κ3) is 3.10. The first-order valence-electron chi connectivity index (χ1n) is 7.32. The van der Waals surface area contributed by atoms with Gasteiger partial charge in [-0.05, 0) is 31.0 Å². The molecule has 1 heterocycles. The van der Waals surface area contributed by atoms with Gasteiger partial charge < -0.3 is 15.6 Å². The predicted molar refractivity (Wildman–Crippen MR) is 79.7 cm³/mol. The monoisotopic (exact) mass is 272 g/mol. The Balaban J connectivity index is 1.59. The van der Waals surface area contributed by atoms with E-state index in [0.29, 0.717) is 6.04 Å². The van der Waals surface area contributed by atoms with Gasteiger partial charge in [0.05, 0.1) is 17.4 Å². The maximum absolute atomic E-state index is 12.0. The molecule has 0 bridgehead atoms. The van der Waals surface area contributed by atoms with E-state index in [-0.39, 0.29) is 6.03 Å². The zero-order chi connectivity index (χ0) is 13.8. The van der Waals surface area contributed by atoms with Gasteiger partial charge >= 0.3 is 6.03 Å². The maximum atomic E-state index is 12.0. The van der Waals surface area contributed by atoms with E-state index in [1.807, 2.05) is 18.2 Å². The second kappa shape index (κ2) is 5.94. The predicted octanol–water partition coefficient (Wildman–Crippen LogP) is 3.41. The van der Waals surface area contributed by atoms with Gasteiger partial charge in [-0.2, -0.15) is 0 Å². The molecule has 3 rings (SSSR count). The normalized spacial score (nSPS) is 16.8.